The highest BCUT2D eigenvalue weighted by Gasteiger charge is 2.22. The minimum atomic E-state index is 0. The average molecular weight is 152 g/mol. The zero-order valence-electron chi connectivity index (χ0n) is 5.67. The average Bonchev–Trinajstić information content (AvgIpc) is 2.14. The van der Waals surface area contributed by atoms with Crippen molar-refractivity contribution in [1.82, 2.24) is 0 Å². The van der Waals surface area contributed by atoms with Crippen LogP contribution in [0.25, 0.3) is 0 Å². The number of ether oxygens (including phenoxy) is 1. The fraction of sp³-hybridized carbons (Fsp3) is 1.00. The molecular formula is C6H14ClNO. The molecule has 2 atom stereocenters. The lowest BCUT2D eigenvalue weighted by molar-refractivity contribution is 0.0960. The predicted molar refractivity (Wildman–Crippen MR) is 39.9 cm³/mol. The molecule has 3 heteroatoms. The van der Waals surface area contributed by atoms with E-state index in [0.717, 1.165) is 12.8 Å². The Morgan fingerprint density at radius 1 is 1.44 bits per heavy atom. The van der Waals surface area contributed by atoms with Crippen molar-refractivity contribution < 1.29 is 4.74 Å². The number of halogens is 1. The largest absolute Gasteiger partial charge is 0.380 e. The van der Waals surface area contributed by atoms with Crippen LogP contribution in [0.4, 0.5) is 0 Å². The molecule has 0 aromatic heterocycles. The van der Waals surface area contributed by atoms with E-state index in [-0.39, 0.29) is 12.4 Å². The molecule has 0 aromatic carbocycles. The summed E-state index contributed by atoms with van der Waals surface area (Å²) in [4.78, 5) is 0. The first kappa shape index (κ1) is 9.21. The van der Waals surface area contributed by atoms with Gasteiger partial charge in [0.05, 0.1) is 6.10 Å². The van der Waals surface area contributed by atoms with Gasteiger partial charge in [0, 0.05) is 13.2 Å². The van der Waals surface area contributed by atoms with Gasteiger partial charge >= 0.3 is 0 Å². The highest BCUT2D eigenvalue weighted by atomic mass is 35.5. The number of hydrogen-bond donors (Lipinski definition) is 1. The molecule has 0 radical (unpaired) electrons. The van der Waals surface area contributed by atoms with Crippen LogP contribution in [0.1, 0.15) is 19.3 Å². The van der Waals surface area contributed by atoms with E-state index < -0.39 is 0 Å². The number of rotatable bonds is 1. The van der Waals surface area contributed by atoms with Crippen molar-refractivity contribution in [2.24, 2.45) is 5.73 Å². The first-order valence-electron chi connectivity index (χ1n) is 3.13. The second-order valence-electron chi connectivity index (χ2n) is 2.37. The van der Waals surface area contributed by atoms with Gasteiger partial charge in [0.15, 0.2) is 0 Å². The Morgan fingerprint density at radius 3 is 2.33 bits per heavy atom. The zero-order chi connectivity index (χ0) is 5.98. The minimum Gasteiger partial charge on any atom is -0.380 e. The molecule has 0 aromatic rings. The highest BCUT2D eigenvalue weighted by Crippen LogP contribution is 2.18. The van der Waals surface area contributed by atoms with Gasteiger partial charge in [-0.2, -0.15) is 0 Å². The Balaban J connectivity index is 0.000000640. The summed E-state index contributed by atoms with van der Waals surface area (Å²) in [6, 6.07) is 0.306. The van der Waals surface area contributed by atoms with Gasteiger partial charge in [-0.1, -0.05) is 0 Å². The van der Waals surface area contributed by atoms with Crippen LogP contribution in [0.2, 0.25) is 0 Å². The van der Waals surface area contributed by atoms with Gasteiger partial charge in [-0.15, -0.1) is 12.4 Å². The summed E-state index contributed by atoms with van der Waals surface area (Å²) in [5.74, 6) is 0. The molecule has 0 heterocycles. The maximum atomic E-state index is 5.66. The normalized spacial score (nSPS) is 34.0. The van der Waals surface area contributed by atoms with Crippen molar-refractivity contribution >= 4 is 12.4 Å². The molecule has 56 valence electrons. The Bertz CT molecular complexity index is 79.5. The fourth-order valence-electron chi connectivity index (χ4n) is 1.25. The van der Waals surface area contributed by atoms with Gasteiger partial charge in [-0.05, 0) is 19.3 Å². The van der Waals surface area contributed by atoms with E-state index in [1.807, 2.05) is 0 Å². The van der Waals surface area contributed by atoms with Gasteiger partial charge < -0.3 is 10.5 Å². The Labute approximate surface area is 62.2 Å². The van der Waals surface area contributed by atoms with Crippen molar-refractivity contribution in [1.29, 1.82) is 0 Å². The van der Waals surface area contributed by atoms with Gasteiger partial charge in [0.2, 0.25) is 0 Å². The SMILES string of the molecule is COC1CCCC1N.Cl. The standard InChI is InChI=1S/C6H13NO.ClH/c1-8-6-4-2-3-5(6)7;/h5-6H,2-4,7H2,1H3;1H. The van der Waals surface area contributed by atoms with Gasteiger partial charge in [0.25, 0.3) is 0 Å². The van der Waals surface area contributed by atoms with Gasteiger partial charge in [-0.3, -0.25) is 0 Å². The molecule has 1 fully saturated rings. The summed E-state index contributed by atoms with van der Waals surface area (Å²) in [5.41, 5.74) is 5.66. The molecule has 0 spiro atoms. The summed E-state index contributed by atoms with van der Waals surface area (Å²) in [6.07, 6.45) is 3.87. The van der Waals surface area contributed by atoms with E-state index in [0.29, 0.717) is 12.1 Å². The fourth-order valence-corrected chi connectivity index (χ4v) is 1.25. The van der Waals surface area contributed by atoms with Crippen LogP contribution < -0.4 is 5.73 Å². The van der Waals surface area contributed by atoms with E-state index >= 15 is 0 Å². The summed E-state index contributed by atoms with van der Waals surface area (Å²) < 4.78 is 5.10. The molecule has 1 rings (SSSR count). The van der Waals surface area contributed by atoms with Crippen LogP contribution in [0.15, 0.2) is 0 Å². The molecule has 1 aliphatic carbocycles. The smallest absolute Gasteiger partial charge is 0.0722 e. The molecular weight excluding hydrogens is 138 g/mol. The maximum Gasteiger partial charge on any atom is 0.0722 e. The molecule has 2 N–H and O–H groups in total. The van der Waals surface area contributed by atoms with Crippen molar-refractivity contribution in [3.8, 4) is 0 Å². The summed E-state index contributed by atoms with van der Waals surface area (Å²) >= 11 is 0. The van der Waals surface area contributed by atoms with Crippen LogP contribution in [-0.2, 0) is 4.74 Å². The Hall–Kier alpha value is 0.210. The van der Waals surface area contributed by atoms with E-state index in [1.54, 1.807) is 7.11 Å². The molecule has 2 nitrogen and oxygen atoms in total. The molecule has 0 amide bonds. The molecule has 9 heavy (non-hydrogen) atoms. The van der Waals surface area contributed by atoms with E-state index in [2.05, 4.69) is 0 Å². The monoisotopic (exact) mass is 151 g/mol. The predicted octanol–water partition coefficient (Wildman–Crippen LogP) is 0.934. The van der Waals surface area contributed by atoms with Crippen LogP contribution in [0, 0.1) is 0 Å². The molecule has 1 aliphatic rings. The quantitative estimate of drug-likeness (QED) is 0.606. The third-order valence-corrected chi connectivity index (χ3v) is 1.81. The van der Waals surface area contributed by atoms with Crippen LogP contribution >= 0.6 is 12.4 Å². The Kier molecular flexibility index (Phi) is 4.19. The molecule has 0 bridgehead atoms. The summed E-state index contributed by atoms with van der Waals surface area (Å²) in [5, 5.41) is 0. The lowest BCUT2D eigenvalue weighted by Crippen LogP contribution is -2.30. The van der Waals surface area contributed by atoms with Crippen LogP contribution in [0.5, 0.6) is 0 Å². The maximum absolute atomic E-state index is 5.66. The highest BCUT2D eigenvalue weighted by molar-refractivity contribution is 5.85. The Morgan fingerprint density at radius 2 is 2.11 bits per heavy atom. The second kappa shape index (κ2) is 4.09. The van der Waals surface area contributed by atoms with E-state index in [1.165, 1.54) is 6.42 Å². The molecule has 0 aliphatic heterocycles. The molecule has 1 saturated carbocycles. The van der Waals surface area contributed by atoms with Crippen molar-refractivity contribution in [2.45, 2.75) is 31.4 Å². The van der Waals surface area contributed by atoms with E-state index in [4.69, 9.17) is 10.5 Å². The number of methoxy groups -OCH3 is 1. The lowest BCUT2D eigenvalue weighted by Gasteiger charge is -2.11. The van der Waals surface area contributed by atoms with Gasteiger partial charge in [-0.25, -0.2) is 0 Å². The third-order valence-electron chi connectivity index (χ3n) is 1.81. The minimum absolute atomic E-state index is 0. The topological polar surface area (TPSA) is 35.2 Å². The first-order chi connectivity index (χ1) is 3.84. The molecule has 2 unspecified atom stereocenters. The van der Waals surface area contributed by atoms with Gasteiger partial charge in [0.1, 0.15) is 0 Å². The summed E-state index contributed by atoms with van der Waals surface area (Å²) in [6.45, 7) is 0. The van der Waals surface area contributed by atoms with Crippen LogP contribution in [-0.4, -0.2) is 19.3 Å². The van der Waals surface area contributed by atoms with Crippen molar-refractivity contribution in [3.63, 3.8) is 0 Å². The van der Waals surface area contributed by atoms with Crippen LogP contribution in [0.3, 0.4) is 0 Å². The van der Waals surface area contributed by atoms with Crippen molar-refractivity contribution in [2.75, 3.05) is 7.11 Å². The third kappa shape index (κ3) is 2.12. The lowest BCUT2D eigenvalue weighted by atomic mass is 10.2. The summed E-state index contributed by atoms with van der Waals surface area (Å²) in [7, 11) is 1.73. The second-order valence-corrected chi connectivity index (χ2v) is 2.37. The first-order valence-corrected chi connectivity index (χ1v) is 3.13. The number of hydrogen-bond acceptors (Lipinski definition) is 2. The molecule has 0 saturated heterocycles. The van der Waals surface area contributed by atoms with E-state index in [9.17, 15) is 0 Å². The zero-order valence-corrected chi connectivity index (χ0v) is 6.49. The number of nitrogens with two attached hydrogens (primary N) is 1. The van der Waals surface area contributed by atoms with Crippen molar-refractivity contribution in [3.05, 3.63) is 0 Å².